The first-order chi connectivity index (χ1) is 7.56. The predicted octanol–water partition coefficient (Wildman–Crippen LogP) is 3.15. The Balaban J connectivity index is 2.09. The van der Waals surface area contributed by atoms with E-state index in [1.807, 2.05) is 18.2 Å². The molecule has 0 amide bonds. The van der Waals surface area contributed by atoms with Crippen molar-refractivity contribution in [1.82, 2.24) is 4.90 Å². The Hall–Kier alpha value is -0.730. The number of likely N-dealkylation sites (tertiary alicyclic amines) is 1. The normalized spacial score (nSPS) is 26.2. The number of anilines is 1. The van der Waals surface area contributed by atoms with Gasteiger partial charge in [-0.25, -0.2) is 0 Å². The fraction of sp³-hybridized carbons (Fsp3) is 0.538. The Kier molecular flexibility index (Phi) is 3.41. The van der Waals surface area contributed by atoms with Crippen LogP contribution in [0.1, 0.15) is 25.8 Å². The zero-order chi connectivity index (χ0) is 11.7. The quantitative estimate of drug-likeness (QED) is 0.802. The Morgan fingerprint density at radius 3 is 2.75 bits per heavy atom. The number of nitrogen functional groups attached to an aromatic ring is 1. The second-order valence-electron chi connectivity index (χ2n) is 4.97. The molecule has 1 heterocycles. The Morgan fingerprint density at radius 2 is 2.19 bits per heavy atom. The molecular weight excluding hydrogens is 220 g/mol. The van der Waals surface area contributed by atoms with E-state index in [2.05, 4.69) is 18.7 Å². The first kappa shape index (κ1) is 11.7. The summed E-state index contributed by atoms with van der Waals surface area (Å²) >= 11 is 6.19. The molecule has 16 heavy (non-hydrogen) atoms. The molecule has 2 atom stereocenters. The number of nitrogens with two attached hydrogens (primary N) is 1. The smallest absolute Gasteiger partial charge is 0.0471 e. The van der Waals surface area contributed by atoms with Gasteiger partial charge in [-0.1, -0.05) is 24.6 Å². The molecule has 88 valence electrons. The van der Waals surface area contributed by atoms with Gasteiger partial charge in [0.15, 0.2) is 0 Å². The summed E-state index contributed by atoms with van der Waals surface area (Å²) in [5.41, 5.74) is 7.60. The van der Waals surface area contributed by atoms with Crippen molar-refractivity contribution in [3.05, 3.63) is 28.8 Å². The van der Waals surface area contributed by atoms with Gasteiger partial charge in [-0.3, -0.25) is 4.90 Å². The monoisotopic (exact) mass is 238 g/mol. The van der Waals surface area contributed by atoms with E-state index in [0.29, 0.717) is 6.04 Å². The van der Waals surface area contributed by atoms with Crippen molar-refractivity contribution in [2.75, 3.05) is 12.3 Å². The van der Waals surface area contributed by atoms with Crippen LogP contribution in [-0.4, -0.2) is 17.5 Å². The van der Waals surface area contributed by atoms with Gasteiger partial charge in [0, 0.05) is 29.8 Å². The second-order valence-corrected chi connectivity index (χ2v) is 5.38. The molecule has 1 saturated heterocycles. The Bertz CT molecular complexity index is 378. The van der Waals surface area contributed by atoms with Crippen molar-refractivity contribution < 1.29 is 0 Å². The summed E-state index contributed by atoms with van der Waals surface area (Å²) in [6, 6.07) is 6.45. The molecule has 0 spiro atoms. The number of benzene rings is 1. The van der Waals surface area contributed by atoms with Crippen LogP contribution in [-0.2, 0) is 6.54 Å². The molecular formula is C13H19ClN2. The van der Waals surface area contributed by atoms with Gasteiger partial charge in [-0.15, -0.1) is 0 Å². The summed E-state index contributed by atoms with van der Waals surface area (Å²) in [5.74, 6) is 0.794. The highest BCUT2D eigenvalue weighted by atomic mass is 35.5. The third-order valence-corrected chi connectivity index (χ3v) is 3.72. The highest BCUT2D eigenvalue weighted by Crippen LogP contribution is 2.27. The zero-order valence-corrected chi connectivity index (χ0v) is 10.7. The minimum Gasteiger partial charge on any atom is -0.399 e. The van der Waals surface area contributed by atoms with Gasteiger partial charge in [-0.2, -0.15) is 0 Å². The maximum absolute atomic E-state index is 6.19. The lowest BCUT2D eigenvalue weighted by molar-refractivity contribution is 0.256. The van der Waals surface area contributed by atoms with Gasteiger partial charge in [0.05, 0.1) is 0 Å². The molecule has 3 heteroatoms. The van der Waals surface area contributed by atoms with Crippen LogP contribution >= 0.6 is 11.6 Å². The van der Waals surface area contributed by atoms with Crippen LogP contribution in [0.5, 0.6) is 0 Å². The highest BCUT2D eigenvalue weighted by molar-refractivity contribution is 6.31. The van der Waals surface area contributed by atoms with Crippen LogP contribution in [0, 0.1) is 5.92 Å². The van der Waals surface area contributed by atoms with Crippen molar-refractivity contribution in [3.8, 4) is 0 Å². The maximum Gasteiger partial charge on any atom is 0.0471 e. The van der Waals surface area contributed by atoms with E-state index in [9.17, 15) is 0 Å². The van der Waals surface area contributed by atoms with Crippen molar-refractivity contribution in [2.24, 2.45) is 5.92 Å². The summed E-state index contributed by atoms with van der Waals surface area (Å²) < 4.78 is 0. The van der Waals surface area contributed by atoms with Crippen LogP contribution in [0.2, 0.25) is 5.02 Å². The molecule has 1 aliphatic heterocycles. The number of halogens is 1. The summed E-state index contributed by atoms with van der Waals surface area (Å²) in [4.78, 5) is 2.49. The minimum absolute atomic E-state index is 0.656. The zero-order valence-electron chi connectivity index (χ0n) is 9.91. The second kappa shape index (κ2) is 4.64. The van der Waals surface area contributed by atoms with Crippen LogP contribution < -0.4 is 5.73 Å². The maximum atomic E-state index is 6.19. The van der Waals surface area contributed by atoms with Crippen LogP contribution in [0.25, 0.3) is 0 Å². The van der Waals surface area contributed by atoms with Crippen molar-refractivity contribution in [2.45, 2.75) is 32.9 Å². The van der Waals surface area contributed by atoms with Gasteiger partial charge in [0.25, 0.3) is 0 Å². The molecule has 0 saturated carbocycles. The fourth-order valence-corrected chi connectivity index (χ4v) is 2.77. The molecule has 2 unspecified atom stereocenters. The van der Waals surface area contributed by atoms with E-state index in [4.69, 9.17) is 17.3 Å². The summed E-state index contributed by atoms with van der Waals surface area (Å²) in [6.45, 7) is 6.70. The molecule has 1 fully saturated rings. The van der Waals surface area contributed by atoms with Gasteiger partial charge in [0.2, 0.25) is 0 Å². The summed E-state index contributed by atoms with van der Waals surface area (Å²) in [7, 11) is 0. The molecule has 1 aliphatic rings. The van der Waals surface area contributed by atoms with Gasteiger partial charge in [0.1, 0.15) is 0 Å². The number of hydrogen-bond donors (Lipinski definition) is 1. The molecule has 0 aliphatic carbocycles. The third-order valence-electron chi connectivity index (χ3n) is 3.36. The first-order valence-electron chi connectivity index (χ1n) is 5.84. The third kappa shape index (κ3) is 2.50. The summed E-state index contributed by atoms with van der Waals surface area (Å²) in [5, 5.41) is 0.784. The van der Waals surface area contributed by atoms with Crippen molar-refractivity contribution in [3.63, 3.8) is 0 Å². The lowest BCUT2D eigenvalue weighted by Crippen LogP contribution is -2.26. The van der Waals surface area contributed by atoms with E-state index < -0.39 is 0 Å². The van der Waals surface area contributed by atoms with E-state index in [0.717, 1.165) is 23.2 Å². The molecule has 0 bridgehead atoms. The first-order valence-corrected chi connectivity index (χ1v) is 6.22. The van der Waals surface area contributed by atoms with E-state index in [1.165, 1.54) is 18.5 Å². The van der Waals surface area contributed by atoms with E-state index in [-0.39, 0.29) is 0 Å². The molecule has 2 nitrogen and oxygen atoms in total. The fourth-order valence-electron chi connectivity index (χ4n) is 2.52. The van der Waals surface area contributed by atoms with E-state index >= 15 is 0 Å². The lowest BCUT2D eigenvalue weighted by atomic mass is 10.1. The molecule has 2 rings (SSSR count). The molecule has 0 radical (unpaired) electrons. The average molecular weight is 239 g/mol. The lowest BCUT2D eigenvalue weighted by Gasteiger charge is -2.21. The van der Waals surface area contributed by atoms with Gasteiger partial charge >= 0.3 is 0 Å². The van der Waals surface area contributed by atoms with Gasteiger partial charge in [-0.05, 0) is 37.0 Å². The number of hydrogen-bond acceptors (Lipinski definition) is 2. The highest BCUT2D eigenvalue weighted by Gasteiger charge is 2.26. The molecule has 1 aromatic rings. The number of rotatable bonds is 2. The van der Waals surface area contributed by atoms with Gasteiger partial charge < -0.3 is 5.73 Å². The SMILES string of the molecule is CC1CC(C)N(Cc2ccc(N)cc2Cl)C1. The van der Waals surface area contributed by atoms with Crippen molar-refractivity contribution in [1.29, 1.82) is 0 Å². The molecule has 1 aromatic carbocycles. The largest absolute Gasteiger partial charge is 0.399 e. The Labute approximate surface area is 102 Å². The molecule has 2 N–H and O–H groups in total. The van der Waals surface area contributed by atoms with Crippen LogP contribution in [0.4, 0.5) is 5.69 Å². The molecule has 0 aromatic heterocycles. The van der Waals surface area contributed by atoms with Crippen LogP contribution in [0.3, 0.4) is 0 Å². The predicted molar refractivity (Wildman–Crippen MR) is 69.5 cm³/mol. The van der Waals surface area contributed by atoms with E-state index in [1.54, 1.807) is 0 Å². The summed E-state index contributed by atoms with van der Waals surface area (Å²) in [6.07, 6.45) is 1.28. The standard InChI is InChI=1S/C13H19ClN2/c1-9-5-10(2)16(7-9)8-11-3-4-12(15)6-13(11)14/h3-4,6,9-10H,5,7-8,15H2,1-2H3. The Morgan fingerprint density at radius 1 is 1.44 bits per heavy atom. The van der Waals surface area contributed by atoms with Crippen LogP contribution in [0.15, 0.2) is 18.2 Å². The minimum atomic E-state index is 0.656. The van der Waals surface area contributed by atoms with Crippen molar-refractivity contribution >= 4 is 17.3 Å². The average Bonchev–Trinajstić information content (AvgIpc) is 2.50. The number of nitrogens with zero attached hydrogens (tertiary/aromatic N) is 1. The topological polar surface area (TPSA) is 29.3 Å².